The van der Waals surface area contributed by atoms with Crippen molar-refractivity contribution in [2.24, 2.45) is 0 Å². The highest BCUT2D eigenvalue weighted by atomic mass is 79.9. The lowest BCUT2D eigenvalue weighted by Crippen LogP contribution is -1.78. The molecule has 0 spiro atoms. The van der Waals surface area contributed by atoms with Gasteiger partial charge in [0.25, 0.3) is 0 Å². The number of hydrogen-bond donors (Lipinski definition) is 1. The molecule has 0 amide bonds. The lowest BCUT2D eigenvalue weighted by atomic mass is 13.5. The number of rotatable bonds is 0. The smallest absolute Gasteiger partial charge is 0.0618 e. The van der Waals surface area contributed by atoms with Gasteiger partial charge >= 0.3 is 0 Å². The van der Waals surface area contributed by atoms with E-state index in [2.05, 4.69) is 27.9 Å². The van der Waals surface area contributed by atoms with Crippen LogP contribution in [0.2, 0.25) is 0 Å². The highest BCUT2D eigenvalue weighted by Crippen LogP contribution is 1.91. The van der Waals surface area contributed by atoms with Crippen LogP contribution in [0.1, 0.15) is 0 Å². The van der Waals surface area contributed by atoms with Crippen LogP contribution in [0.4, 0.5) is 0 Å². The average Bonchev–Trinajstić information content (AvgIpc) is 0.811. The number of halogens is 2. The lowest BCUT2D eigenvalue weighted by Gasteiger charge is -1.79. The van der Waals surface area contributed by atoms with Gasteiger partial charge in [-0.25, -0.2) is 0 Å². The van der Waals surface area contributed by atoms with Crippen molar-refractivity contribution in [2.75, 3.05) is 0 Å². The van der Waals surface area contributed by atoms with Crippen LogP contribution < -0.4 is 0 Å². The highest BCUT2D eigenvalue weighted by Gasteiger charge is 1.69. The van der Waals surface area contributed by atoms with Crippen LogP contribution in [-0.2, 0) is 0 Å². The highest BCUT2D eigenvalue weighted by molar-refractivity contribution is 9.07. The fourth-order valence-corrected chi connectivity index (χ4v) is 0. The average molecular weight is 146 g/mol. The summed E-state index contributed by atoms with van der Waals surface area (Å²) in [6, 6.07) is 0. The molecule has 26 valence electrons. The molecule has 0 saturated heterocycles. The largest absolute Gasteiger partial charge is 0.288 e. The molecule has 0 radical (unpaired) electrons. The predicted molar refractivity (Wildman–Crippen MR) is 18.4 cm³/mol. The van der Waals surface area contributed by atoms with Crippen LogP contribution in [-0.4, -0.2) is 8.82 Å². The summed E-state index contributed by atoms with van der Waals surface area (Å²) in [6.45, 7) is 0. The second kappa shape index (κ2) is 1.96. The standard InChI is InChI=1S/BrClHNO/c1-3(2)4/h4H. The summed E-state index contributed by atoms with van der Waals surface area (Å²) in [5, 5.41) is 7.57. The molecule has 0 heterocycles. The molecule has 0 aromatic carbocycles. The molecule has 0 aliphatic carbocycles. The van der Waals surface area contributed by atoms with E-state index in [-0.39, 0.29) is 3.61 Å². The molecule has 0 fully saturated rings. The molecule has 0 atom stereocenters. The van der Waals surface area contributed by atoms with Crippen molar-refractivity contribution in [3.8, 4) is 0 Å². The van der Waals surface area contributed by atoms with Gasteiger partial charge in [0.15, 0.2) is 0 Å². The van der Waals surface area contributed by atoms with E-state index in [9.17, 15) is 0 Å². The number of hydrogen-bond acceptors (Lipinski definition) is 2. The molecule has 0 aliphatic heterocycles. The monoisotopic (exact) mass is 145 g/mol. The Labute approximate surface area is 37.4 Å². The Hall–Kier alpha value is 0.690. The molecule has 4 heavy (non-hydrogen) atoms. The predicted octanol–water partition coefficient (Wildman–Crippen LogP) is 1.14. The van der Waals surface area contributed by atoms with E-state index in [4.69, 9.17) is 5.21 Å². The first-order chi connectivity index (χ1) is 1.73. The number of nitrogens with zero attached hydrogens (tertiary/aromatic N) is 1. The van der Waals surface area contributed by atoms with Gasteiger partial charge in [-0.3, -0.25) is 5.21 Å². The summed E-state index contributed by atoms with van der Waals surface area (Å²) in [4.78, 5) is 0. The second-order valence-electron chi connectivity index (χ2n) is 0.215. The Morgan fingerprint density at radius 2 is 2.00 bits per heavy atom. The van der Waals surface area contributed by atoms with Crippen molar-refractivity contribution in [1.82, 2.24) is 3.61 Å². The van der Waals surface area contributed by atoms with Gasteiger partial charge in [-0.2, -0.15) is 0 Å². The molecule has 0 unspecified atom stereocenters. The molecule has 0 aromatic heterocycles. The lowest BCUT2D eigenvalue weighted by molar-refractivity contribution is 0.124. The van der Waals surface area contributed by atoms with Gasteiger partial charge in [-0.15, -0.1) is 0 Å². The summed E-state index contributed by atoms with van der Waals surface area (Å²) < 4.78 is 0.285. The Bertz CT molecular complexity index is 12.8. The third-order valence-electron chi connectivity index (χ3n) is 0. The minimum Gasteiger partial charge on any atom is -0.288 e. The Balaban J connectivity index is 2.32. The minimum absolute atomic E-state index is 0.285. The van der Waals surface area contributed by atoms with Crippen LogP contribution in [0, 0.1) is 0 Å². The third-order valence-corrected chi connectivity index (χ3v) is 0. The zero-order chi connectivity index (χ0) is 3.58. The summed E-state index contributed by atoms with van der Waals surface area (Å²) in [5.74, 6) is 0. The van der Waals surface area contributed by atoms with Gasteiger partial charge in [0, 0.05) is 11.8 Å². The summed E-state index contributed by atoms with van der Waals surface area (Å²) in [7, 11) is 0. The van der Waals surface area contributed by atoms with Gasteiger partial charge in [0.2, 0.25) is 0 Å². The van der Waals surface area contributed by atoms with E-state index in [0.29, 0.717) is 0 Å². The first kappa shape index (κ1) is 4.69. The fourth-order valence-electron chi connectivity index (χ4n) is 0. The van der Waals surface area contributed by atoms with Crippen LogP contribution >= 0.6 is 27.9 Å². The molecule has 4 heteroatoms. The van der Waals surface area contributed by atoms with Crippen LogP contribution in [0.15, 0.2) is 0 Å². The second-order valence-corrected chi connectivity index (χ2v) is 1.62. The summed E-state index contributed by atoms with van der Waals surface area (Å²) in [6.07, 6.45) is 0. The van der Waals surface area contributed by atoms with E-state index >= 15 is 0 Å². The Kier molecular flexibility index (Phi) is 2.30. The first-order valence-electron chi connectivity index (χ1n) is 0.538. The zero-order valence-electron chi connectivity index (χ0n) is 1.65. The van der Waals surface area contributed by atoms with Crippen molar-refractivity contribution >= 4 is 27.9 Å². The van der Waals surface area contributed by atoms with Crippen molar-refractivity contribution < 1.29 is 5.21 Å². The fraction of sp³-hybridized carbons (Fsp3) is 0. The third kappa shape index (κ3) is 16.1. The van der Waals surface area contributed by atoms with Crippen molar-refractivity contribution in [1.29, 1.82) is 0 Å². The molecule has 0 aromatic rings. The molecule has 0 bridgehead atoms. The van der Waals surface area contributed by atoms with Crippen molar-refractivity contribution in [2.45, 2.75) is 0 Å². The molecule has 0 aliphatic rings. The molecular weight excluding hydrogens is 145 g/mol. The van der Waals surface area contributed by atoms with E-state index < -0.39 is 0 Å². The summed E-state index contributed by atoms with van der Waals surface area (Å²) in [5.41, 5.74) is 0. The van der Waals surface area contributed by atoms with E-state index in [0.717, 1.165) is 0 Å². The van der Waals surface area contributed by atoms with Crippen molar-refractivity contribution in [3.05, 3.63) is 0 Å². The van der Waals surface area contributed by atoms with Crippen LogP contribution in [0.25, 0.3) is 0 Å². The van der Waals surface area contributed by atoms with E-state index in [1.807, 2.05) is 0 Å². The maximum absolute atomic E-state index is 7.57. The van der Waals surface area contributed by atoms with Crippen molar-refractivity contribution in [3.63, 3.8) is 0 Å². The zero-order valence-corrected chi connectivity index (χ0v) is 3.99. The van der Waals surface area contributed by atoms with Gasteiger partial charge < -0.3 is 0 Å². The maximum Gasteiger partial charge on any atom is 0.0618 e. The first-order valence-corrected chi connectivity index (χ1v) is 1.59. The topological polar surface area (TPSA) is 23.5 Å². The molecule has 0 saturated carbocycles. The van der Waals surface area contributed by atoms with E-state index in [1.165, 1.54) is 0 Å². The Morgan fingerprint density at radius 3 is 2.00 bits per heavy atom. The van der Waals surface area contributed by atoms with Gasteiger partial charge in [-0.05, 0) is 3.61 Å². The van der Waals surface area contributed by atoms with Crippen LogP contribution in [0.5, 0.6) is 0 Å². The molecule has 1 N–H and O–H groups in total. The quantitative estimate of drug-likeness (QED) is 0.409. The van der Waals surface area contributed by atoms with Gasteiger partial charge in [-0.1, -0.05) is 0 Å². The van der Waals surface area contributed by atoms with Gasteiger partial charge in [0.1, 0.15) is 0 Å². The van der Waals surface area contributed by atoms with Gasteiger partial charge in [0.05, 0.1) is 16.1 Å². The summed E-state index contributed by atoms with van der Waals surface area (Å²) >= 11 is 7.01. The van der Waals surface area contributed by atoms with E-state index in [1.54, 1.807) is 0 Å². The minimum atomic E-state index is 0.285. The van der Waals surface area contributed by atoms with Crippen LogP contribution in [0.3, 0.4) is 0 Å². The molecule has 0 rings (SSSR count). The molecular formula is HBrClNO. The Morgan fingerprint density at radius 1 is 2.00 bits per heavy atom. The SMILES string of the molecule is ON(Cl)Br. The normalized spacial score (nSPS) is 9.00. The molecule has 2 nitrogen and oxygen atoms in total. The maximum atomic E-state index is 7.57.